The quantitative estimate of drug-likeness (QED) is 0.793. The molecule has 2 aromatic rings. The van der Waals surface area contributed by atoms with Crippen molar-refractivity contribution in [2.45, 2.75) is 39.1 Å². The highest BCUT2D eigenvalue weighted by molar-refractivity contribution is 5.69. The third kappa shape index (κ3) is 4.43. The molecule has 0 atom stereocenters. The van der Waals surface area contributed by atoms with Gasteiger partial charge in [0, 0.05) is 17.8 Å². The molecule has 0 aromatic carbocycles. The standard InChI is InChI=1S/C14H14F3N3O4/c1-13(2,3)24-10(22)7-20-5-4-8(6-9(20)21)11-18-19-12(23-11)14(15,16)17/h4-6H,7H2,1-3H3. The van der Waals surface area contributed by atoms with Gasteiger partial charge in [0.1, 0.15) is 12.1 Å². The summed E-state index contributed by atoms with van der Waals surface area (Å²) in [6.07, 6.45) is -3.53. The number of hydrogen-bond acceptors (Lipinski definition) is 6. The van der Waals surface area contributed by atoms with Crippen LogP contribution in [0.2, 0.25) is 0 Å². The van der Waals surface area contributed by atoms with Crippen molar-refractivity contribution < 1.29 is 27.1 Å². The number of alkyl halides is 3. The van der Waals surface area contributed by atoms with Crippen LogP contribution < -0.4 is 5.56 Å². The van der Waals surface area contributed by atoms with Crippen molar-refractivity contribution in [2.24, 2.45) is 0 Å². The fraction of sp³-hybridized carbons (Fsp3) is 0.429. The van der Waals surface area contributed by atoms with Crippen molar-refractivity contribution in [3.8, 4) is 11.5 Å². The number of esters is 1. The predicted octanol–water partition coefficient (Wildman–Crippen LogP) is 2.26. The summed E-state index contributed by atoms with van der Waals surface area (Å²) in [6.45, 7) is 4.73. The third-order valence-electron chi connectivity index (χ3n) is 2.63. The van der Waals surface area contributed by atoms with Crippen LogP contribution >= 0.6 is 0 Å². The minimum atomic E-state index is -4.77. The van der Waals surface area contributed by atoms with Crippen molar-refractivity contribution >= 4 is 5.97 Å². The van der Waals surface area contributed by atoms with Gasteiger partial charge < -0.3 is 13.7 Å². The van der Waals surface area contributed by atoms with Crippen LogP contribution in [0.1, 0.15) is 26.7 Å². The molecule has 0 fully saturated rings. The van der Waals surface area contributed by atoms with Gasteiger partial charge in [-0.2, -0.15) is 13.2 Å². The van der Waals surface area contributed by atoms with E-state index in [0.29, 0.717) is 0 Å². The van der Waals surface area contributed by atoms with Crippen LogP contribution in [0.15, 0.2) is 27.5 Å². The molecule has 0 saturated carbocycles. The number of nitrogens with zero attached hydrogens (tertiary/aromatic N) is 3. The summed E-state index contributed by atoms with van der Waals surface area (Å²) in [5.41, 5.74) is -1.30. The molecule has 10 heteroatoms. The molecule has 0 N–H and O–H groups in total. The molecule has 0 radical (unpaired) electrons. The Morgan fingerprint density at radius 3 is 2.46 bits per heavy atom. The van der Waals surface area contributed by atoms with Gasteiger partial charge in [0.05, 0.1) is 0 Å². The van der Waals surface area contributed by atoms with Gasteiger partial charge in [0.25, 0.3) is 5.56 Å². The monoisotopic (exact) mass is 345 g/mol. The van der Waals surface area contributed by atoms with E-state index in [-0.39, 0.29) is 12.1 Å². The Bertz CT molecular complexity index is 803. The van der Waals surface area contributed by atoms with Crippen LogP contribution in [0, 0.1) is 0 Å². The first-order valence-corrected chi connectivity index (χ1v) is 6.79. The number of rotatable bonds is 3. The van der Waals surface area contributed by atoms with Gasteiger partial charge in [-0.3, -0.25) is 9.59 Å². The van der Waals surface area contributed by atoms with Gasteiger partial charge >= 0.3 is 18.0 Å². The molecular formula is C14H14F3N3O4. The summed E-state index contributed by atoms with van der Waals surface area (Å²) < 4.78 is 47.9. The molecule has 0 saturated heterocycles. The first-order valence-electron chi connectivity index (χ1n) is 6.79. The van der Waals surface area contributed by atoms with E-state index in [4.69, 9.17) is 4.74 Å². The van der Waals surface area contributed by atoms with Gasteiger partial charge in [0.15, 0.2) is 0 Å². The van der Waals surface area contributed by atoms with Crippen molar-refractivity contribution in [3.63, 3.8) is 0 Å². The fourth-order valence-electron chi connectivity index (χ4n) is 1.74. The summed E-state index contributed by atoms with van der Waals surface area (Å²) in [4.78, 5) is 23.7. The number of halogens is 3. The number of carbonyl (C=O) groups is 1. The van der Waals surface area contributed by atoms with E-state index in [1.54, 1.807) is 20.8 Å². The molecule has 2 heterocycles. The second kappa shape index (κ2) is 6.10. The Kier molecular flexibility index (Phi) is 4.50. The van der Waals surface area contributed by atoms with E-state index in [0.717, 1.165) is 10.6 Å². The molecule has 2 rings (SSSR count). The molecule has 2 aromatic heterocycles. The van der Waals surface area contributed by atoms with E-state index in [9.17, 15) is 22.8 Å². The summed E-state index contributed by atoms with van der Waals surface area (Å²) in [5, 5.41) is 6.14. The molecule has 0 spiro atoms. The second-order valence-corrected chi connectivity index (χ2v) is 5.88. The smallest absolute Gasteiger partial charge is 0.459 e. The van der Waals surface area contributed by atoms with E-state index in [1.807, 2.05) is 0 Å². The zero-order valence-electron chi connectivity index (χ0n) is 13.0. The van der Waals surface area contributed by atoms with Crippen molar-refractivity contribution in [1.29, 1.82) is 0 Å². The van der Waals surface area contributed by atoms with Crippen LogP contribution in [0.4, 0.5) is 13.2 Å². The van der Waals surface area contributed by atoms with Crippen molar-refractivity contribution in [3.05, 3.63) is 34.6 Å². The van der Waals surface area contributed by atoms with E-state index in [2.05, 4.69) is 14.6 Å². The van der Waals surface area contributed by atoms with E-state index in [1.165, 1.54) is 12.3 Å². The Morgan fingerprint density at radius 1 is 1.29 bits per heavy atom. The average molecular weight is 345 g/mol. The van der Waals surface area contributed by atoms with Crippen LogP contribution in [0.5, 0.6) is 0 Å². The van der Waals surface area contributed by atoms with Crippen LogP contribution in [0.25, 0.3) is 11.5 Å². The highest BCUT2D eigenvalue weighted by Crippen LogP contribution is 2.29. The van der Waals surface area contributed by atoms with Crippen molar-refractivity contribution in [1.82, 2.24) is 14.8 Å². The number of carbonyl (C=O) groups excluding carboxylic acids is 1. The molecule has 24 heavy (non-hydrogen) atoms. The molecule has 0 aliphatic carbocycles. The Balaban J connectivity index is 2.20. The summed E-state index contributed by atoms with van der Waals surface area (Å²) in [5.74, 6) is -2.56. The number of ether oxygens (including phenoxy) is 1. The maximum Gasteiger partial charge on any atom is 0.470 e. The summed E-state index contributed by atoms with van der Waals surface area (Å²) in [6, 6.07) is 2.29. The Morgan fingerprint density at radius 2 is 1.96 bits per heavy atom. The van der Waals surface area contributed by atoms with Crippen LogP contribution in [0.3, 0.4) is 0 Å². The topological polar surface area (TPSA) is 87.2 Å². The molecule has 0 bridgehead atoms. The lowest BCUT2D eigenvalue weighted by molar-refractivity contribution is -0.157. The molecule has 0 aliphatic rings. The average Bonchev–Trinajstić information content (AvgIpc) is 2.88. The van der Waals surface area contributed by atoms with Gasteiger partial charge in [-0.1, -0.05) is 0 Å². The largest absolute Gasteiger partial charge is 0.470 e. The van der Waals surface area contributed by atoms with Crippen LogP contribution in [-0.2, 0) is 22.3 Å². The van der Waals surface area contributed by atoms with Gasteiger partial charge in [-0.25, -0.2) is 0 Å². The van der Waals surface area contributed by atoms with Crippen LogP contribution in [-0.4, -0.2) is 26.3 Å². The zero-order chi connectivity index (χ0) is 18.1. The van der Waals surface area contributed by atoms with Gasteiger partial charge in [-0.05, 0) is 26.8 Å². The molecule has 130 valence electrons. The number of hydrogen-bond donors (Lipinski definition) is 0. The minimum Gasteiger partial charge on any atom is -0.459 e. The fourth-order valence-corrected chi connectivity index (χ4v) is 1.74. The molecule has 7 nitrogen and oxygen atoms in total. The number of aromatic nitrogens is 3. The second-order valence-electron chi connectivity index (χ2n) is 5.88. The molecular weight excluding hydrogens is 331 g/mol. The van der Waals surface area contributed by atoms with Gasteiger partial charge in [-0.15, -0.1) is 10.2 Å². The highest BCUT2D eigenvalue weighted by Gasteiger charge is 2.38. The lowest BCUT2D eigenvalue weighted by atomic mass is 10.2. The predicted molar refractivity (Wildman–Crippen MR) is 74.8 cm³/mol. The summed E-state index contributed by atoms with van der Waals surface area (Å²) >= 11 is 0. The minimum absolute atomic E-state index is 0.0171. The highest BCUT2D eigenvalue weighted by atomic mass is 19.4. The van der Waals surface area contributed by atoms with Gasteiger partial charge in [0.2, 0.25) is 5.89 Å². The Labute approximate surface area is 134 Å². The maximum atomic E-state index is 12.4. The first-order chi connectivity index (χ1) is 11.0. The SMILES string of the molecule is CC(C)(C)OC(=O)Cn1ccc(-c2nnc(C(F)(F)F)o2)cc1=O. The molecule has 0 unspecified atom stereocenters. The van der Waals surface area contributed by atoms with Crippen molar-refractivity contribution in [2.75, 3.05) is 0 Å². The lowest BCUT2D eigenvalue weighted by Crippen LogP contribution is -2.30. The zero-order valence-corrected chi connectivity index (χ0v) is 13.0. The number of pyridine rings is 1. The van der Waals surface area contributed by atoms with E-state index < -0.39 is 35.1 Å². The third-order valence-corrected chi connectivity index (χ3v) is 2.63. The normalized spacial score (nSPS) is 12.2. The Hall–Kier alpha value is -2.65. The maximum absolute atomic E-state index is 12.4. The lowest BCUT2D eigenvalue weighted by Gasteiger charge is -2.19. The molecule has 0 aliphatic heterocycles. The molecule has 0 amide bonds. The first kappa shape index (κ1) is 17.7. The van der Waals surface area contributed by atoms with E-state index >= 15 is 0 Å². The summed E-state index contributed by atoms with van der Waals surface area (Å²) in [7, 11) is 0.